The Morgan fingerprint density at radius 2 is 1.86 bits per heavy atom. The first kappa shape index (κ1) is 16.0. The highest BCUT2D eigenvalue weighted by Crippen LogP contribution is 2.14. The number of nitrogens with zero attached hydrogens (tertiary/aromatic N) is 1. The van der Waals surface area contributed by atoms with Crippen LogP contribution >= 0.6 is 15.9 Å². The van der Waals surface area contributed by atoms with Crippen molar-refractivity contribution >= 4 is 33.4 Å². The summed E-state index contributed by atoms with van der Waals surface area (Å²) in [6.45, 7) is 3.58. The summed E-state index contributed by atoms with van der Waals surface area (Å²) in [5.74, 6) is -0.0812. The quantitative estimate of drug-likeness (QED) is 0.850. The number of halogens is 1. The van der Waals surface area contributed by atoms with Crippen molar-refractivity contribution in [2.24, 2.45) is 0 Å². The van der Waals surface area contributed by atoms with Crippen LogP contribution in [0.25, 0.3) is 0 Å². The van der Waals surface area contributed by atoms with Gasteiger partial charge in [0, 0.05) is 23.2 Å². The van der Waals surface area contributed by atoms with Crippen LogP contribution in [0.5, 0.6) is 0 Å². The lowest BCUT2D eigenvalue weighted by Crippen LogP contribution is -2.45. The molecule has 1 heterocycles. The molecule has 1 aromatic carbocycles. The standard InChI is InChI=1S/C15H20BrN3O2/c1-11(15(21)19-8-2-3-9-19)17-10-14(20)18-13-6-4-12(16)5-7-13/h4-7,11,17H,2-3,8-10H2,1H3,(H,18,20). The van der Waals surface area contributed by atoms with E-state index in [1.165, 1.54) is 0 Å². The molecule has 1 aromatic rings. The van der Waals surface area contributed by atoms with Crippen LogP contribution in [0.15, 0.2) is 28.7 Å². The van der Waals surface area contributed by atoms with Crippen LogP contribution in [0.3, 0.4) is 0 Å². The van der Waals surface area contributed by atoms with Crippen molar-refractivity contribution in [1.29, 1.82) is 0 Å². The average Bonchev–Trinajstić information content (AvgIpc) is 3.00. The van der Waals surface area contributed by atoms with Gasteiger partial charge in [-0.2, -0.15) is 0 Å². The normalized spacial score (nSPS) is 15.8. The Bertz CT molecular complexity index is 498. The fraction of sp³-hybridized carbons (Fsp3) is 0.467. The molecule has 2 amide bonds. The van der Waals surface area contributed by atoms with Gasteiger partial charge in [0.2, 0.25) is 11.8 Å². The van der Waals surface area contributed by atoms with E-state index in [0.29, 0.717) is 0 Å². The zero-order valence-electron chi connectivity index (χ0n) is 12.1. The number of hydrogen-bond acceptors (Lipinski definition) is 3. The monoisotopic (exact) mass is 353 g/mol. The minimum atomic E-state index is -0.334. The minimum absolute atomic E-state index is 0.0731. The van der Waals surface area contributed by atoms with E-state index < -0.39 is 0 Å². The van der Waals surface area contributed by atoms with E-state index >= 15 is 0 Å². The van der Waals surface area contributed by atoms with Crippen LogP contribution in [0.4, 0.5) is 5.69 Å². The summed E-state index contributed by atoms with van der Waals surface area (Å²) in [6, 6.07) is 7.03. The second kappa shape index (κ2) is 7.56. The van der Waals surface area contributed by atoms with Gasteiger partial charge in [0.25, 0.3) is 0 Å². The van der Waals surface area contributed by atoms with Crippen LogP contribution in [0.2, 0.25) is 0 Å². The van der Waals surface area contributed by atoms with Crippen molar-refractivity contribution < 1.29 is 9.59 Å². The van der Waals surface area contributed by atoms with Gasteiger partial charge in [-0.1, -0.05) is 15.9 Å². The zero-order valence-corrected chi connectivity index (χ0v) is 13.6. The average molecular weight is 354 g/mol. The Hall–Kier alpha value is -1.40. The molecule has 0 aliphatic carbocycles. The summed E-state index contributed by atoms with van der Waals surface area (Å²) >= 11 is 3.34. The first-order chi connectivity index (χ1) is 10.1. The molecule has 0 aromatic heterocycles. The summed E-state index contributed by atoms with van der Waals surface area (Å²) in [6.07, 6.45) is 2.14. The molecule has 0 radical (unpaired) electrons. The maximum atomic E-state index is 12.1. The van der Waals surface area contributed by atoms with Crippen molar-refractivity contribution in [2.45, 2.75) is 25.8 Å². The molecule has 0 saturated carbocycles. The molecule has 114 valence electrons. The van der Waals surface area contributed by atoms with Gasteiger partial charge >= 0.3 is 0 Å². The molecule has 2 rings (SSSR count). The first-order valence-corrected chi connectivity index (χ1v) is 7.93. The van der Waals surface area contributed by atoms with E-state index in [-0.39, 0.29) is 24.4 Å². The van der Waals surface area contributed by atoms with Crippen LogP contribution < -0.4 is 10.6 Å². The molecule has 21 heavy (non-hydrogen) atoms. The topological polar surface area (TPSA) is 61.4 Å². The summed E-state index contributed by atoms with van der Waals surface area (Å²) in [7, 11) is 0. The number of likely N-dealkylation sites (tertiary alicyclic amines) is 1. The summed E-state index contributed by atoms with van der Waals surface area (Å²) in [5.41, 5.74) is 0.739. The third-order valence-electron chi connectivity index (χ3n) is 3.48. The SMILES string of the molecule is CC(NCC(=O)Nc1ccc(Br)cc1)C(=O)N1CCCC1. The van der Waals surface area contributed by atoms with Gasteiger partial charge in [0.1, 0.15) is 0 Å². The molecule has 6 heteroatoms. The van der Waals surface area contributed by atoms with Gasteiger partial charge in [-0.15, -0.1) is 0 Å². The molecule has 1 fully saturated rings. The minimum Gasteiger partial charge on any atom is -0.341 e. The van der Waals surface area contributed by atoms with Gasteiger partial charge in [0.05, 0.1) is 12.6 Å². The van der Waals surface area contributed by atoms with Crippen LogP contribution in [0, 0.1) is 0 Å². The molecular formula is C15H20BrN3O2. The van der Waals surface area contributed by atoms with E-state index in [0.717, 1.165) is 36.1 Å². The summed E-state index contributed by atoms with van der Waals surface area (Å²) in [4.78, 5) is 25.8. The smallest absolute Gasteiger partial charge is 0.239 e. The first-order valence-electron chi connectivity index (χ1n) is 7.14. The van der Waals surface area contributed by atoms with Gasteiger partial charge in [-0.25, -0.2) is 0 Å². The van der Waals surface area contributed by atoms with Gasteiger partial charge in [-0.05, 0) is 44.0 Å². The predicted octanol–water partition coefficient (Wildman–Crippen LogP) is 1.99. The third kappa shape index (κ3) is 4.82. The molecule has 1 atom stereocenters. The molecule has 1 saturated heterocycles. The predicted molar refractivity (Wildman–Crippen MR) is 86.1 cm³/mol. The lowest BCUT2D eigenvalue weighted by atomic mass is 10.3. The van der Waals surface area contributed by atoms with E-state index in [1.807, 2.05) is 29.2 Å². The highest BCUT2D eigenvalue weighted by Gasteiger charge is 2.23. The molecule has 1 aliphatic rings. The molecule has 0 spiro atoms. The molecule has 5 nitrogen and oxygen atoms in total. The van der Waals surface area contributed by atoms with E-state index in [4.69, 9.17) is 0 Å². The number of anilines is 1. The second-order valence-electron chi connectivity index (χ2n) is 5.19. The van der Waals surface area contributed by atoms with Crippen molar-refractivity contribution in [2.75, 3.05) is 25.0 Å². The van der Waals surface area contributed by atoms with Crippen molar-refractivity contribution in [3.8, 4) is 0 Å². The maximum absolute atomic E-state index is 12.1. The van der Waals surface area contributed by atoms with Gasteiger partial charge < -0.3 is 10.2 Å². The van der Waals surface area contributed by atoms with Crippen LogP contribution in [-0.4, -0.2) is 42.4 Å². The molecule has 1 unspecified atom stereocenters. The van der Waals surface area contributed by atoms with Crippen molar-refractivity contribution in [3.63, 3.8) is 0 Å². The van der Waals surface area contributed by atoms with Gasteiger partial charge in [-0.3, -0.25) is 14.9 Å². The van der Waals surface area contributed by atoms with E-state index in [2.05, 4.69) is 26.6 Å². The van der Waals surface area contributed by atoms with E-state index in [1.54, 1.807) is 6.92 Å². The highest BCUT2D eigenvalue weighted by atomic mass is 79.9. The van der Waals surface area contributed by atoms with E-state index in [9.17, 15) is 9.59 Å². The largest absolute Gasteiger partial charge is 0.341 e. The number of rotatable bonds is 5. The number of carbonyl (C=O) groups is 2. The number of benzene rings is 1. The lowest BCUT2D eigenvalue weighted by molar-refractivity contribution is -0.132. The zero-order chi connectivity index (χ0) is 15.2. The Morgan fingerprint density at radius 3 is 2.48 bits per heavy atom. The second-order valence-corrected chi connectivity index (χ2v) is 6.11. The Kier molecular flexibility index (Phi) is 5.76. The molecule has 1 aliphatic heterocycles. The fourth-order valence-corrected chi connectivity index (χ4v) is 2.55. The number of carbonyl (C=O) groups excluding carboxylic acids is 2. The highest BCUT2D eigenvalue weighted by molar-refractivity contribution is 9.10. The Balaban J connectivity index is 1.75. The summed E-state index contributed by atoms with van der Waals surface area (Å²) < 4.78 is 0.962. The summed E-state index contributed by atoms with van der Waals surface area (Å²) in [5, 5.41) is 5.76. The Morgan fingerprint density at radius 1 is 1.24 bits per heavy atom. The molecular weight excluding hydrogens is 334 g/mol. The van der Waals surface area contributed by atoms with Crippen molar-refractivity contribution in [3.05, 3.63) is 28.7 Å². The number of nitrogens with one attached hydrogen (secondary N) is 2. The van der Waals surface area contributed by atoms with Gasteiger partial charge in [0.15, 0.2) is 0 Å². The Labute approximate surface area is 133 Å². The third-order valence-corrected chi connectivity index (χ3v) is 4.01. The van der Waals surface area contributed by atoms with Crippen molar-refractivity contribution in [1.82, 2.24) is 10.2 Å². The molecule has 2 N–H and O–H groups in total. The maximum Gasteiger partial charge on any atom is 0.239 e. The number of amides is 2. The number of hydrogen-bond donors (Lipinski definition) is 2. The molecule has 0 bridgehead atoms. The van der Waals surface area contributed by atoms with Crippen LogP contribution in [0.1, 0.15) is 19.8 Å². The fourth-order valence-electron chi connectivity index (χ4n) is 2.28. The van der Waals surface area contributed by atoms with Crippen LogP contribution in [-0.2, 0) is 9.59 Å². The lowest BCUT2D eigenvalue weighted by Gasteiger charge is -2.21.